The van der Waals surface area contributed by atoms with Crippen molar-refractivity contribution < 1.29 is 24.2 Å². The summed E-state index contributed by atoms with van der Waals surface area (Å²) < 4.78 is 5.49. The van der Waals surface area contributed by atoms with Crippen molar-refractivity contribution in [3.05, 3.63) is 0 Å². The van der Waals surface area contributed by atoms with E-state index in [2.05, 4.69) is 6.92 Å². The van der Waals surface area contributed by atoms with E-state index < -0.39 is 11.0 Å². The minimum absolute atomic E-state index is 0.0110. The Hall–Kier alpha value is -1.23. The predicted molar refractivity (Wildman–Crippen MR) is 103 cm³/mol. The Kier molecular flexibility index (Phi) is 4.57. The van der Waals surface area contributed by atoms with Crippen LogP contribution >= 0.6 is 0 Å². The maximum absolute atomic E-state index is 13.5. The first-order valence-corrected chi connectivity index (χ1v) is 11.0. The first-order valence-electron chi connectivity index (χ1n) is 11.0. The van der Waals surface area contributed by atoms with E-state index in [0.717, 1.165) is 38.5 Å². The van der Waals surface area contributed by atoms with Gasteiger partial charge in [-0.1, -0.05) is 13.8 Å². The highest BCUT2D eigenvalue weighted by Gasteiger charge is 2.68. The fourth-order valence-electron chi connectivity index (χ4n) is 7.96. The van der Waals surface area contributed by atoms with E-state index in [1.54, 1.807) is 0 Å². The average Bonchev–Trinajstić information content (AvgIpc) is 2.86. The van der Waals surface area contributed by atoms with Crippen molar-refractivity contribution in [2.75, 3.05) is 0 Å². The third kappa shape index (κ3) is 2.57. The lowest BCUT2D eigenvalue weighted by molar-refractivity contribution is -0.181. The van der Waals surface area contributed by atoms with E-state index >= 15 is 0 Å². The molecule has 0 spiro atoms. The molecule has 28 heavy (non-hydrogen) atoms. The summed E-state index contributed by atoms with van der Waals surface area (Å²) in [6.45, 7) is 7.18. The number of aliphatic hydroxyl groups is 1. The van der Waals surface area contributed by atoms with E-state index in [-0.39, 0.29) is 46.8 Å². The molecule has 0 aromatic carbocycles. The van der Waals surface area contributed by atoms with Crippen LogP contribution in [0, 0.1) is 34.5 Å². The molecule has 4 rings (SSSR count). The Morgan fingerprint density at radius 3 is 2.43 bits per heavy atom. The normalized spacial score (nSPS) is 50.3. The molecule has 4 fully saturated rings. The molecule has 156 valence electrons. The summed E-state index contributed by atoms with van der Waals surface area (Å²) in [6, 6.07) is 0. The summed E-state index contributed by atoms with van der Waals surface area (Å²) in [7, 11) is 0. The molecule has 0 aromatic rings. The van der Waals surface area contributed by atoms with E-state index in [9.17, 15) is 19.5 Å². The third-order valence-corrected chi connectivity index (χ3v) is 9.37. The standard InChI is InChI=1S/C23H34O5/c1-13(24)23(27)10-8-18-17-6-5-15-11-16(28-14(2)25)7-9-21(15,3)20(17)19(26)12-22(18,23)4/h15-18,20,27H,5-12H2,1-4H3/t15-,16-,17+,18+,20-,21-,22-,23-/m1/s1. The summed E-state index contributed by atoms with van der Waals surface area (Å²) in [4.78, 5) is 37.2. The summed E-state index contributed by atoms with van der Waals surface area (Å²) in [5.74, 6) is 0.722. The van der Waals surface area contributed by atoms with Gasteiger partial charge in [0.15, 0.2) is 5.78 Å². The van der Waals surface area contributed by atoms with E-state index in [0.29, 0.717) is 18.8 Å². The number of ketones is 2. The van der Waals surface area contributed by atoms with Crippen molar-refractivity contribution >= 4 is 17.5 Å². The molecular formula is C23H34O5. The second-order valence-corrected chi connectivity index (χ2v) is 10.5. The fraction of sp³-hybridized carbons (Fsp3) is 0.870. The molecule has 0 radical (unpaired) electrons. The van der Waals surface area contributed by atoms with Gasteiger partial charge in [-0.05, 0) is 75.0 Å². The Morgan fingerprint density at radius 1 is 1.07 bits per heavy atom. The fourth-order valence-corrected chi connectivity index (χ4v) is 7.96. The van der Waals surface area contributed by atoms with Crippen molar-refractivity contribution in [1.82, 2.24) is 0 Å². The molecule has 4 saturated carbocycles. The second-order valence-electron chi connectivity index (χ2n) is 10.5. The molecule has 0 aromatic heterocycles. The zero-order valence-electron chi connectivity index (χ0n) is 17.6. The lowest BCUT2D eigenvalue weighted by Crippen LogP contribution is -2.61. The summed E-state index contributed by atoms with van der Waals surface area (Å²) in [5.41, 5.74) is -2.05. The predicted octanol–water partition coefficient (Wildman–Crippen LogP) is 3.46. The van der Waals surface area contributed by atoms with Crippen LogP contribution in [-0.4, -0.2) is 34.3 Å². The van der Waals surface area contributed by atoms with Gasteiger partial charge < -0.3 is 9.84 Å². The topological polar surface area (TPSA) is 80.7 Å². The molecule has 0 heterocycles. The Bertz CT molecular complexity index is 716. The number of esters is 1. The highest BCUT2D eigenvalue weighted by molar-refractivity contribution is 5.90. The molecule has 0 unspecified atom stereocenters. The maximum atomic E-state index is 13.5. The van der Waals surface area contributed by atoms with E-state index in [4.69, 9.17) is 4.74 Å². The summed E-state index contributed by atoms with van der Waals surface area (Å²) in [6.07, 6.45) is 6.19. The zero-order valence-corrected chi connectivity index (χ0v) is 17.6. The van der Waals surface area contributed by atoms with Gasteiger partial charge in [0.05, 0.1) is 0 Å². The van der Waals surface area contributed by atoms with Gasteiger partial charge in [0.2, 0.25) is 0 Å². The lowest BCUT2D eigenvalue weighted by Gasteiger charge is -2.60. The van der Waals surface area contributed by atoms with Crippen LogP contribution in [0.3, 0.4) is 0 Å². The maximum Gasteiger partial charge on any atom is 0.302 e. The monoisotopic (exact) mass is 390 g/mol. The number of carbonyl (C=O) groups excluding carboxylic acids is 3. The molecule has 1 N–H and O–H groups in total. The highest BCUT2D eigenvalue weighted by Crippen LogP contribution is 2.67. The quantitative estimate of drug-likeness (QED) is 0.730. The van der Waals surface area contributed by atoms with Gasteiger partial charge >= 0.3 is 5.97 Å². The number of hydrogen-bond acceptors (Lipinski definition) is 5. The van der Waals surface area contributed by atoms with Gasteiger partial charge in [0.25, 0.3) is 0 Å². The minimum atomic E-state index is -1.36. The molecule has 4 aliphatic rings. The van der Waals surface area contributed by atoms with Crippen LogP contribution in [0.2, 0.25) is 0 Å². The summed E-state index contributed by atoms with van der Waals surface area (Å²) >= 11 is 0. The first-order chi connectivity index (χ1) is 13.0. The molecule has 5 heteroatoms. The largest absolute Gasteiger partial charge is 0.463 e. The number of rotatable bonds is 2. The van der Waals surface area contributed by atoms with Crippen LogP contribution in [0.1, 0.15) is 79.1 Å². The zero-order chi connectivity index (χ0) is 20.5. The van der Waals surface area contributed by atoms with Crippen LogP contribution in [0.5, 0.6) is 0 Å². The molecule has 0 saturated heterocycles. The Labute approximate surface area is 167 Å². The number of Topliss-reactive ketones (excluding diaryl/α,β-unsaturated/α-hetero) is 2. The van der Waals surface area contributed by atoms with Crippen LogP contribution in [0.4, 0.5) is 0 Å². The van der Waals surface area contributed by atoms with Crippen molar-refractivity contribution in [1.29, 1.82) is 0 Å². The minimum Gasteiger partial charge on any atom is -0.463 e. The van der Waals surface area contributed by atoms with Crippen LogP contribution < -0.4 is 0 Å². The SMILES string of the molecule is CC(=O)O[C@@H]1CC[C@]2(C)[C@H](CC[C@@H]3[C@@H]2C(=O)C[C@]2(C)[C@H]3CC[C@@]2(O)C(C)=O)C1. The van der Waals surface area contributed by atoms with E-state index in [1.807, 2.05) is 6.92 Å². The van der Waals surface area contributed by atoms with Crippen LogP contribution in [0.25, 0.3) is 0 Å². The van der Waals surface area contributed by atoms with Crippen molar-refractivity contribution in [3.8, 4) is 0 Å². The molecule has 4 aliphatic carbocycles. The van der Waals surface area contributed by atoms with Crippen molar-refractivity contribution in [3.63, 3.8) is 0 Å². The van der Waals surface area contributed by atoms with Gasteiger partial charge in [0.1, 0.15) is 17.5 Å². The highest BCUT2D eigenvalue weighted by atomic mass is 16.5. The van der Waals surface area contributed by atoms with Crippen molar-refractivity contribution in [2.45, 2.75) is 90.8 Å². The average molecular weight is 391 g/mol. The number of fused-ring (bicyclic) bond motifs is 5. The van der Waals surface area contributed by atoms with Crippen LogP contribution in [-0.2, 0) is 19.1 Å². The van der Waals surface area contributed by atoms with Gasteiger partial charge in [-0.25, -0.2) is 0 Å². The van der Waals surface area contributed by atoms with Gasteiger partial charge in [-0.3, -0.25) is 14.4 Å². The molecule has 0 bridgehead atoms. The summed E-state index contributed by atoms with van der Waals surface area (Å²) in [5, 5.41) is 11.2. The Morgan fingerprint density at radius 2 is 1.79 bits per heavy atom. The molecule has 8 atom stereocenters. The molecule has 0 amide bonds. The number of carbonyl (C=O) groups is 3. The van der Waals surface area contributed by atoms with E-state index in [1.165, 1.54) is 13.8 Å². The second kappa shape index (κ2) is 6.38. The lowest BCUT2D eigenvalue weighted by atomic mass is 9.44. The third-order valence-electron chi connectivity index (χ3n) is 9.37. The number of ether oxygens (including phenoxy) is 1. The Balaban J connectivity index is 1.63. The van der Waals surface area contributed by atoms with Gasteiger partial charge in [0, 0.05) is 24.7 Å². The molecular weight excluding hydrogens is 356 g/mol. The van der Waals surface area contributed by atoms with Gasteiger partial charge in [-0.15, -0.1) is 0 Å². The van der Waals surface area contributed by atoms with Crippen molar-refractivity contribution in [2.24, 2.45) is 34.5 Å². The van der Waals surface area contributed by atoms with Gasteiger partial charge in [-0.2, -0.15) is 0 Å². The van der Waals surface area contributed by atoms with Crippen LogP contribution in [0.15, 0.2) is 0 Å². The smallest absolute Gasteiger partial charge is 0.302 e. The molecule has 5 nitrogen and oxygen atoms in total. The number of hydrogen-bond donors (Lipinski definition) is 1. The molecule has 0 aliphatic heterocycles. The first kappa shape index (κ1) is 20.1.